The highest BCUT2D eigenvalue weighted by molar-refractivity contribution is 5.76. The van der Waals surface area contributed by atoms with Gasteiger partial charge in [-0.25, -0.2) is 0 Å². The molecule has 0 saturated carbocycles. The summed E-state index contributed by atoms with van der Waals surface area (Å²) in [4.78, 5) is 18.8. The van der Waals surface area contributed by atoms with Gasteiger partial charge >= 0.3 is 5.97 Å². The van der Waals surface area contributed by atoms with Crippen LogP contribution in [0.4, 0.5) is 0 Å². The van der Waals surface area contributed by atoms with Crippen molar-refractivity contribution in [3.63, 3.8) is 0 Å². The zero-order valence-electron chi connectivity index (χ0n) is 12.1. The summed E-state index contributed by atoms with van der Waals surface area (Å²) in [5, 5.41) is 23.0. The number of hydrogen-bond donors (Lipinski definition) is 4. The number of hydrogen-bond acceptors (Lipinski definition) is 5. The van der Waals surface area contributed by atoms with Crippen molar-refractivity contribution in [2.24, 2.45) is 4.99 Å². The van der Waals surface area contributed by atoms with Crippen LogP contribution in [0.1, 0.15) is 12.5 Å². The van der Waals surface area contributed by atoms with Gasteiger partial charge in [-0.1, -0.05) is 30.3 Å². The predicted molar refractivity (Wildman–Crippen MR) is 75.9 cm³/mol. The van der Waals surface area contributed by atoms with Crippen LogP contribution >= 0.6 is 0 Å². The standard InChI is InChI=1S/C14H18N4O4/c1-10(7-11-5-3-2-4-6-11)18-9-12(22-17-18)16-14(21)15-8-13(19)20/h2-6,9-10,17H,7-8H2,1H3,(H,19,20)(H2,15,16,21). The number of amidine groups is 1. The van der Waals surface area contributed by atoms with Crippen molar-refractivity contribution in [1.82, 2.24) is 10.9 Å². The highest BCUT2D eigenvalue weighted by Gasteiger charge is 2.24. The van der Waals surface area contributed by atoms with E-state index in [1.807, 2.05) is 37.3 Å². The van der Waals surface area contributed by atoms with Gasteiger partial charge in [0.1, 0.15) is 12.6 Å². The molecule has 2 atom stereocenters. The van der Waals surface area contributed by atoms with Gasteiger partial charge in [0.25, 0.3) is 5.88 Å². The number of aliphatic carboxylic acids is 1. The molecule has 8 heteroatoms. The van der Waals surface area contributed by atoms with Gasteiger partial charge in [0.05, 0.1) is 6.02 Å². The van der Waals surface area contributed by atoms with E-state index in [1.54, 1.807) is 6.20 Å². The quantitative estimate of drug-likeness (QED) is 0.362. The first-order chi connectivity index (χ1) is 10.5. The van der Waals surface area contributed by atoms with Gasteiger partial charge in [0, 0.05) is 12.0 Å². The minimum atomic E-state index is -1.17. The molecule has 0 saturated heterocycles. The van der Waals surface area contributed by atoms with Crippen LogP contribution in [0.2, 0.25) is 0 Å². The predicted octanol–water partition coefficient (Wildman–Crippen LogP) is -1.86. The number of carbonyl (C=O) groups is 1. The lowest BCUT2D eigenvalue weighted by atomic mass is 10.1. The highest BCUT2D eigenvalue weighted by Crippen LogP contribution is 2.01. The Morgan fingerprint density at radius 2 is 2.23 bits per heavy atom. The van der Waals surface area contributed by atoms with E-state index in [1.165, 1.54) is 5.56 Å². The molecule has 0 bridgehead atoms. The lowest BCUT2D eigenvalue weighted by molar-refractivity contribution is -0.934. The third-order valence-corrected chi connectivity index (χ3v) is 3.07. The number of nitrogens with zero attached hydrogens (tertiary/aromatic N) is 1. The minimum Gasteiger partial charge on any atom is -0.846 e. The van der Waals surface area contributed by atoms with Gasteiger partial charge in [0.2, 0.25) is 0 Å². The second-order valence-corrected chi connectivity index (χ2v) is 4.90. The molecular weight excluding hydrogens is 288 g/mol. The van der Waals surface area contributed by atoms with Crippen molar-refractivity contribution < 1.29 is 24.9 Å². The number of nitrogens with one attached hydrogen (secondary N) is 3. The van der Waals surface area contributed by atoms with E-state index >= 15 is 0 Å². The monoisotopic (exact) mass is 306 g/mol. The molecule has 1 heterocycles. The molecule has 1 aromatic rings. The van der Waals surface area contributed by atoms with Crippen LogP contribution in [0.3, 0.4) is 0 Å². The van der Waals surface area contributed by atoms with E-state index < -0.39 is 18.5 Å². The van der Waals surface area contributed by atoms with E-state index in [2.05, 4.69) is 15.9 Å². The molecular formula is C14H18N4O4. The fraction of sp³-hybridized carbons (Fsp3) is 0.286. The van der Waals surface area contributed by atoms with Gasteiger partial charge in [-0.05, 0) is 12.5 Å². The number of carboxylic acid groups (broad SMARTS) is 1. The first-order valence-electron chi connectivity index (χ1n) is 6.80. The van der Waals surface area contributed by atoms with Crippen LogP contribution in [-0.2, 0) is 16.1 Å². The minimum absolute atomic E-state index is 0.174. The third-order valence-electron chi connectivity index (χ3n) is 3.07. The van der Waals surface area contributed by atoms with E-state index in [-0.39, 0.29) is 11.9 Å². The molecule has 0 aliphatic carbocycles. The van der Waals surface area contributed by atoms with E-state index in [0.717, 1.165) is 11.4 Å². The molecule has 0 aromatic heterocycles. The maximum Gasteiger partial charge on any atom is 0.325 e. The molecule has 1 aliphatic rings. The van der Waals surface area contributed by atoms with Crippen LogP contribution in [-0.4, -0.2) is 29.7 Å². The van der Waals surface area contributed by atoms with E-state index in [0.29, 0.717) is 0 Å². The Kier molecular flexibility index (Phi) is 5.34. The third kappa shape index (κ3) is 4.76. The molecule has 118 valence electrons. The molecule has 0 spiro atoms. The molecule has 8 nitrogen and oxygen atoms in total. The molecule has 2 unspecified atom stereocenters. The summed E-state index contributed by atoms with van der Waals surface area (Å²) >= 11 is 0. The van der Waals surface area contributed by atoms with Crippen molar-refractivity contribution >= 4 is 12.0 Å². The Hall–Kier alpha value is -2.58. The summed E-state index contributed by atoms with van der Waals surface area (Å²) in [7, 11) is 0. The molecule has 1 aromatic carbocycles. The Bertz CT molecular complexity index is 573. The Labute approximate surface area is 127 Å². The molecule has 0 amide bonds. The summed E-state index contributed by atoms with van der Waals surface area (Å²) in [6.45, 7) is 1.46. The van der Waals surface area contributed by atoms with E-state index in [4.69, 9.17) is 9.94 Å². The second kappa shape index (κ2) is 7.43. The fourth-order valence-corrected chi connectivity index (χ4v) is 1.98. The zero-order valence-corrected chi connectivity index (χ0v) is 12.1. The molecule has 0 fully saturated rings. The van der Waals surface area contributed by atoms with Crippen molar-refractivity contribution in [1.29, 1.82) is 0 Å². The number of carboxylic acids is 1. The lowest BCUT2D eigenvalue weighted by Crippen LogP contribution is -3.16. The molecule has 22 heavy (non-hydrogen) atoms. The zero-order chi connectivity index (χ0) is 15.9. The van der Waals surface area contributed by atoms with Crippen molar-refractivity contribution in [2.45, 2.75) is 19.4 Å². The summed E-state index contributed by atoms with van der Waals surface area (Å²) in [6, 6.07) is 9.44. The first-order valence-corrected chi connectivity index (χ1v) is 6.80. The maximum atomic E-state index is 11.4. The number of aliphatic imine (C=N–C) groups is 1. The topological polar surface area (TPSA) is 110 Å². The number of quaternary nitrogens is 1. The molecule has 2 rings (SSSR count). The first kappa shape index (κ1) is 15.8. The number of rotatable bonds is 6. The molecule has 1 aliphatic heterocycles. The Balaban J connectivity index is 1.88. The number of benzene rings is 1. The lowest BCUT2D eigenvalue weighted by Gasteiger charge is -2.15. The normalized spacial score (nSPS) is 19.2. The van der Waals surface area contributed by atoms with Crippen LogP contribution < -0.4 is 21.0 Å². The van der Waals surface area contributed by atoms with E-state index in [9.17, 15) is 9.90 Å². The maximum absolute atomic E-state index is 11.4. The van der Waals surface area contributed by atoms with Crippen LogP contribution in [0.5, 0.6) is 0 Å². The average Bonchev–Trinajstić information content (AvgIpc) is 2.95. The van der Waals surface area contributed by atoms with Crippen LogP contribution in [0.25, 0.3) is 0 Å². The van der Waals surface area contributed by atoms with Crippen LogP contribution in [0.15, 0.2) is 47.4 Å². The largest absolute Gasteiger partial charge is 0.846 e. The fourth-order valence-electron chi connectivity index (χ4n) is 1.98. The van der Waals surface area contributed by atoms with Gasteiger partial charge < -0.3 is 20.4 Å². The van der Waals surface area contributed by atoms with Crippen molar-refractivity contribution in [3.05, 3.63) is 48.0 Å². The summed E-state index contributed by atoms with van der Waals surface area (Å²) in [5.41, 5.74) is 3.95. The summed E-state index contributed by atoms with van der Waals surface area (Å²) < 4.78 is 0. The van der Waals surface area contributed by atoms with Gasteiger partial charge in [0.15, 0.2) is 6.20 Å². The van der Waals surface area contributed by atoms with Gasteiger partial charge in [-0.15, -0.1) is 0 Å². The Morgan fingerprint density at radius 1 is 1.50 bits per heavy atom. The molecule has 4 N–H and O–H groups in total. The van der Waals surface area contributed by atoms with Crippen molar-refractivity contribution in [3.8, 4) is 0 Å². The molecule has 0 radical (unpaired) electrons. The average molecular weight is 306 g/mol. The van der Waals surface area contributed by atoms with Gasteiger partial charge in [-0.3, -0.25) is 9.79 Å². The Morgan fingerprint density at radius 3 is 2.91 bits per heavy atom. The van der Waals surface area contributed by atoms with Crippen LogP contribution in [0, 0.1) is 0 Å². The highest BCUT2D eigenvalue weighted by atomic mass is 16.7. The SMILES string of the molecule is CC(Cc1ccccc1)[NH+]1C=C(NC([O-])=NCC(=O)O)ON1. The van der Waals surface area contributed by atoms with Gasteiger partial charge in [-0.2, -0.15) is 5.01 Å². The second-order valence-electron chi connectivity index (χ2n) is 4.90. The summed E-state index contributed by atoms with van der Waals surface area (Å²) in [5.74, 6) is -0.965. The van der Waals surface area contributed by atoms with Crippen molar-refractivity contribution in [2.75, 3.05) is 6.54 Å². The smallest absolute Gasteiger partial charge is 0.325 e. The summed E-state index contributed by atoms with van der Waals surface area (Å²) in [6.07, 6.45) is 2.50.